The summed E-state index contributed by atoms with van der Waals surface area (Å²) in [4.78, 5) is 0. The second-order valence-corrected chi connectivity index (χ2v) is 7.37. The maximum Gasteiger partial charge on any atom is 0.121 e. The predicted octanol–water partition coefficient (Wildman–Crippen LogP) is 5.59. The molecule has 0 amide bonds. The quantitative estimate of drug-likeness (QED) is 0.306. The van der Waals surface area contributed by atoms with E-state index in [0.717, 1.165) is 16.7 Å². The third-order valence-corrected chi connectivity index (χ3v) is 4.91. The summed E-state index contributed by atoms with van der Waals surface area (Å²) < 4.78 is 23.8. The highest BCUT2D eigenvalue weighted by Crippen LogP contribution is 2.13. The van der Waals surface area contributed by atoms with Crippen LogP contribution in [-0.4, -0.2) is 31.5 Å². The molecule has 4 nitrogen and oxygen atoms in total. The Morgan fingerprint density at radius 2 is 0.903 bits per heavy atom. The van der Waals surface area contributed by atoms with Crippen LogP contribution < -0.4 is 0 Å². The van der Waals surface area contributed by atoms with E-state index >= 15 is 0 Å². The van der Waals surface area contributed by atoms with E-state index in [9.17, 15) is 0 Å². The summed E-state index contributed by atoms with van der Waals surface area (Å²) >= 11 is 5.91. The van der Waals surface area contributed by atoms with Crippen molar-refractivity contribution >= 4 is 11.6 Å². The van der Waals surface area contributed by atoms with Gasteiger partial charge in [-0.25, -0.2) is 0 Å². The highest BCUT2D eigenvalue weighted by molar-refractivity contribution is 6.17. The van der Waals surface area contributed by atoms with E-state index in [1.807, 2.05) is 91.0 Å². The molecular formula is C26H29ClO4. The molecule has 0 saturated heterocycles. The van der Waals surface area contributed by atoms with Gasteiger partial charge in [0.25, 0.3) is 0 Å². The molecule has 3 aromatic rings. The zero-order valence-electron chi connectivity index (χ0n) is 17.6. The molecule has 0 aliphatic heterocycles. The van der Waals surface area contributed by atoms with Gasteiger partial charge in [-0.2, -0.15) is 0 Å². The molecule has 0 N–H and O–H groups in total. The number of benzene rings is 3. The van der Waals surface area contributed by atoms with Crippen LogP contribution in [-0.2, 0) is 38.8 Å². The number of halogens is 1. The van der Waals surface area contributed by atoms with E-state index in [4.69, 9.17) is 30.5 Å². The van der Waals surface area contributed by atoms with E-state index in [0.29, 0.717) is 33.0 Å². The lowest BCUT2D eigenvalue weighted by Crippen LogP contribution is -2.39. The van der Waals surface area contributed by atoms with Crippen molar-refractivity contribution in [2.75, 3.05) is 19.3 Å². The smallest absolute Gasteiger partial charge is 0.121 e. The number of alkyl halides is 1. The van der Waals surface area contributed by atoms with Crippen LogP contribution in [0.2, 0.25) is 0 Å². The van der Waals surface area contributed by atoms with Crippen LogP contribution in [0.15, 0.2) is 91.0 Å². The molecule has 2 atom stereocenters. The molecule has 0 unspecified atom stereocenters. The first kappa shape index (κ1) is 23.5. The second-order valence-electron chi connectivity index (χ2n) is 7.15. The van der Waals surface area contributed by atoms with Crippen LogP contribution in [0.25, 0.3) is 0 Å². The van der Waals surface area contributed by atoms with Crippen LogP contribution in [0.5, 0.6) is 0 Å². The van der Waals surface area contributed by atoms with E-state index in [1.165, 1.54) is 0 Å². The van der Waals surface area contributed by atoms with Crippen molar-refractivity contribution in [1.82, 2.24) is 0 Å². The first-order valence-corrected chi connectivity index (χ1v) is 10.9. The first-order chi connectivity index (χ1) is 15.3. The third-order valence-electron chi connectivity index (χ3n) is 4.79. The number of rotatable bonds is 14. The SMILES string of the molecule is ClCO[C@H](COCc1ccccc1)[C@H](COCc1ccccc1)OCc1ccccc1. The highest BCUT2D eigenvalue weighted by Gasteiger charge is 2.24. The van der Waals surface area contributed by atoms with Gasteiger partial charge in [0.05, 0.1) is 33.0 Å². The summed E-state index contributed by atoms with van der Waals surface area (Å²) in [5, 5.41) is 0. The van der Waals surface area contributed by atoms with E-state index in [-0.39, 0.29) is 18.3 Å². The van der Waals surface area contributed by atoms with Gasteiger partial charge in [-0.15, -0.1) is 0 Å². The van der Waals surface area contributed by atoms with Crippen molar-refractivity contribution in [1.29, 1.82) is 0 Å². The molecule has 0 aliphatic carbocycles. The van der Waals surface area contributed by atoms with Crippen LogP contribution in [0, 0.1) is 0 Å². The van der Waals surface area contributed by atoms with Gasteiger partial charge in [0, 0.05) is 0 Å². The number of ether oxygens (including phenoxy) is 4. The van der Waals surface area contributed by atoms with Gasteiger partial charge in [-0.3, -0.25) is 0 Å². The normalized spacial score (nSPS) is 13.1. The van der Waals surface area contributed by atoms with Crippen LogP contribution in [0.1, 0.15) is 16.7 Å². The van der Waals surface area contributed by atoms with E-state index in [2.05, 4.69) is 0 Å². The number of hydrogen-bond donors (Lipinski definition) is 0. The van der Waals surface area contributed by atoms with E-state index in [1.54, 1.807) is 0 Å². The van der Waals surface area contributed by atoms with Gasteiger partial charge in [0.2, 0.25) is 0 Å². The molecule has 0 fully saturated rings. The molecule has 0 bridgehead atoms. The Labute approximate surface area is 189 Å². The Bertz CT molecular complexity index is 830. The molecule has 0 heterocycles. The summed E-state index contributed by atoms with van der Waals surface area (Å²) in [5.41, 5.74) is 3.30. The van der Waals surface area contributed by atoms with Crippen LogP contribution >= 0.6 is 11.6 Å². The Morgan fingerprint density at radius 3 is 1.32 bits per heavy atom. The van der Waals surface area contributed by atoms with Crippen molar-refractivity contribution in [3.05, 3.63) is 108 Å². The maximum atomic E-state index is 6.19. The lowest BCUT2D eigenvalue weighted by atomic mass is 10.2. The molecule has 3 rings (SSSR count). The fourth-order valence-electron chi connectivity index (χ4n) is 3.12. The first-order valence-electron chi connectivity index (χ1n) is 10.4. The topological polar surface area (TPSA) is 36.9 Å². The van der Waals surface area contributed by atoms with Crippen molar-refractivity contribution in [2.24, 2.45) is 0 Å². The standard InChI is InChI=1S/C26H29ClO4/c27-21-31-26(20-29-17-23-12-6-2-7-13-23)25(30-18-24-14-8-3-9-15-24)19-28-16-22-10-4-1-5-11-22/h1-15,25-26H,16-21H2/t25-,26+/m0/s1. The Kier molecular flexibility index (Phi) is 10.6. The van der Waals surface area contributed by atoms with Gasteiger partial charge in [-0.05, 0) is 16.7 Å². The molecule has 5 heteroatoms. The fourth-order valence-corrected chi connectivity index (χ4v) is 3.28. The molecule has 0 aliphatic rings. The summed E-state index contributed by atoms with van der Waals surface area (Å²) in [7, 11) is 0. The van der Waals surface area contributed by atoms with Gasteiger partial charge in [0.1, 0.15) is 18.3 Å². The van der Waals surface area contributed by atoms with Gasteiger partial charge >= 0.3 is 0 Å². The highest BCUT2D eigenvalue weighted by atomic mass is 35.5. The molecule has 31 heavy (non-hydrogen) atoms. The minimum Gasteiger partial charge on any atom is -0.374 e. The van der Waals surface area contributed by atoms with Crippen molar-refractivity contribution in [2.45, 2.75) is 32.0 Å². The van der Waals surface area contributed by atoms with Crippen molar-refractivity contribution in [3.63, 3.8) is 0 Å². The van der Waals surface area contributed by atoms with Crippen molar-refractivity contribution in [3.8, 4) is 0 Å². The average molecular weight is 441 g/mol. The zero-order chi connectivity index (χ0) is 21.6. The summed E-state index contributed by atoms with van der Waals surface area (Å²) in [6.45, 7) is 2.19. The van der Waals surface area contributed by atoms with E-state index < -0.39 is 0 Å². The molecule has 0 aromatic heterocycles. The Hall–Kier alpha value is -2.21. The Morgan fingerprint density at radius 1 is 0.516 bits per heavy atom. The monoisotopic (exact) mass is 440 g/mol. The van der Waals surface area contributed by atoms with Crippen LogP contribution in [0.3, 0.4) is 0 Å². The molecule has 0 saturated carbocycles. The summed E-state index contributed by atoms with van der Waals surface area (Å²) in [6, 6.07) is 30.2. The lowest BCUT2D eigenvalue weighted by Gasteiger charge is -2.27. The van der Waals surface area contributed by atoms with Gasteiger partial charge < -0.3 is 18.9 Å². The largest absolute Gasteiger partial charge is 0.374 e. The minimum absolute atomic E-state index is 0.0588. The average Bonchev–Trinajstić information content (AvgIpc) is 2.83. The zero-order valence-corrected chi connectivity index (χ0v) is 18.3. The summed E-state index contributed by atoms with van der Waals surface area (Å²) in [5.74, 6) is 0. The van der Waals surface area contributed by atoms with Gasteiger partial charge in [-0.1, -0.05) is 103 Å². The lowest BCUT2D eigenvalue weighted by molar-refractivity contribution is -0.127. The second kappa shape index (κ2) is 14.0. The van der Waals surface area contributed by atoms with Crippen LogP contribution in [0.4, 0.5) is 0 Å². The molecule has 3 aromatic carbocycles. The molecule has 0 spiro atoms. The third kappa shape index (κ3) is 8.82. The predicted molar refractivity (Wildman–Crippen MR) is 123 cm³/mol. The molecular weight excluding hydrogens is 412 g/mol. The Balaban J connectivity index is 1.58. The molecule has 0 radical (unpaired) electrons. The maximum absolute atomic E-state index is 6.19. The molecule has 164 valence electrons. The van der Waals surface area contributed by atoms with Gasteiger partial charge in [0.15, 0.2) is 0 Å². The van der Waals surface area contributed by atoms with Crippen molar-refractivity contribution < 1.29 is 18.9 Å². The minimum atomic E-state index is -0.347. The fraction of sp³-hybridized carbons (Fsp3) is 0.308. The summed E-state index contributed by atoms with van der Waals surface area (Å²) in [6.07, 6.45) is -0.667. The number of hydrogen-bond acceptors (Lipinski definition) is 4.